The number of nitrogens with zero attached hydrogens (tertiary/aromatic N) is 2. The number of benzene rings is 1. The number of hydrogen-bond acceptors (Lipinski definition) is 5. The minimum Gasteiger partial charge on any atom is -0.494 e. The van der Waals surface area contributed by atoms with Gasteiger partial charge < -0.3 is 20.3 Å². The fraction of sp³-hybridized carbons (Fsp3) is 0.409. The van der Waals surface area contributed by atoms with E-state index in [0.717, 1.165) is 17.7 Å². The number of carbonyl (C=O) groups excluding carboxylic acids is 2. The quantitative estimate of drug-likeness (QED) is 0.750. The number of nitrogens with one attached hydrogen (secondary N) is 2. The molecule has 0 radical (unpaired) electrons. The Morgan fingerprint density at radius 2 is 2.14 bits per heavy atom. The number of carbonyl (C=O) groups is 2. The first-order chi connectivity index (χ1) is 14.1. The normalized spacial score (nSPS) is 17.4. The van der Waals surface area contributed by atoms with E-state index < -0.39 is 6.04 Å². The summed E-state index contributed by atoms with van der Waals surface area (Å²) in [6, 6.07) is 10.9. The summed E-state index contributed by atoms with van der Waals surface area (Å²) < 4.78 is 5.72. The van der Waals surface area contributed by atoms with Crippen LogP contribution in [0.3, 0.4) is 0 Å². The molecule has 2 N–H and O–H groups in total. The Morgan fingerprint density at radius 3 is 2.86 bits per heavy atom. The fourth-order valence-electron chi connectivity index (χ4n) is 3.71. The molecule has 29 heavy (non-hydrogen) atoms. The molecule has 7 nitrogen and oxygen atoms in total. The molecule has 1 aromatic carbocycles. The van der Waals surface area contributed by atoms with E-state index in [1.54, 1.807) is 12.4 Å². The van der Waals surface area contributed by atoms with Gasteiger partial charge in [0.05, 0.1) is 25.1 Å². The third-order valence-corrected chi connectivity index (χ3v) is 4.98. The summed E-state index contributed by atoms with van der Waals surface area (Å²) in [6.07, 6.45) is 3.69. The first-order valence-corrected chi connectivity index (χ1v) is 9.99. The highest BCUT2D eigenvalue weighted by atomic mass is 16.5. The summed E-state index contributed by atoms with van der Waals surface area (Å²) in [7, 11) is 0. The number of piperazine rings is 1. The molecular weight excluding hydrogens is 368 g/mol. The van der Waals surface area contributed by atoms with Gasteiger partial charge in [0.2, 0.25) is 11.8 Å². The lowest BCUT2D eigenvalue weighted by atomic mass is 9.99. The number of amides is 2. The van der Waals surface area contributed by atoms with Crippen LogP contribution in [0.15, 0.2) is 48.8 Å². The molecule has 0 aliphatic carbocycles. The van der Waals surface area contributed by atoms with Gasteiger partial charge in [0.15, 0.2) is 0 Å². The van der Waals surface area contributed by atoms with E-state index in [0.29, 0.717) is 25.4 Å². The number of hydrogen-bond donors (Lipinski definition) is 2. The molecule has 154 valence electrons. The number of aromatic nitrogens is 1. The maximum absolute atomic E-state index is 13.3. The van der Waals surface area contributed by atoms with Crippen LogP contribution in [-0.4, -0.2) is 47.9 Å². The zero-order chi connectivity index (χ0) is 20.6. The molecule has 1 aliphatic heterocycles. The van der Waals surface area contributed by atoms with Crippen LogP contribution < -0.4 is 15.4 Å². The predicted octanol–water partition coefficient (Wildman–Crippen LogP) is 2.22. The molecule has 1 fully saturated rings. The summed E-state index contributed by atoms with van der Waals surface area (Å²) >= 11 is 0. The van der Waals surface area contributed by atoms with E-state index in [9.17, 15) is 9.59 Å². The zero-order valence-corrected chi connectivity index (χ0v) is 16.9. The average Bonchev–Trinajstić information content (AvgIpc) is 2.74. The van der Waals surface area contributed by atoms with Crippen LogP contribution in [0.5, 0.6) is 5.75 Å². The highest BCUT2D eigenvalue weighted by molar-refractivity contribution is 5.80. The molecule has 1 saturated heterocycles. The lowest BCUT2D eigenvalue weighted by Crippen LogP contribution is -2.49. The van der Waals surface area contributed by atoms with Crippen LogP contribution in [0.25, 0.3) is 0 Å². The van der Waals surface area contributed by atoms with Crippen LogP contribution in [-0.2, 0) is 9.59 Å². The van der Waals surface area contributed by atoms with Crippen molar-refractivity contribution in [3.8, 4) is 5.75 Å². The van der Waals surface area contributed by atoms with Crippen molar-refractivity contribution in [1.82, 2.24) is 20.5 Å². The molecule has 2 heterocycles. The average molecular weight is 396 g/mol. The molecule has 0 bridgehead atoms. The van der Waals surface area contributed by atoms with Crippen molar-refractivity contribution in [2.75, 3.05) is 26.2 Å². The van der Waals surface area contributed by atoms with Gasteiger partial charge in [-0.3, -0.25) is 14.6 Å². The molecule has 1 aromatic heterocycles. The van der Waals surface area contributed by atoms with Gasteiger partial charge in [-0.15, -0.1) is 0 Å². The van der Waals surface area contributed by atoms with Crippen molar-refractivity contribution in [1.29, 1.82) is 0 Å². The van der Waals surface area contributed by atoms with E-state index in [2.05, 4.69) is 15.6 Å². The summed E-state index contributed by atoms with van der Waals surface area (Å²) in [5.41, 5.74) is 1.81. The Morgan fingerprint density at radius 1 is 1.31 bits per heavy atom. The molecule has 2 aromatic rings. The SMILES string of the molecule is CCOc1ccccc1C(CC(=O)N1CCNCC1c1cccnc1)NC(C)=O. The third-order valence-electron chi connectivity index (χ3n) is 4.98. The summed E-state index contributed by atoms with van der Waals surface area (Å²) in [5, 5.41) is 6.28. The first-order valence-electron chi connectivity index (χ1n) is 9.99. The Kier molecular flexibility index (Phi) is 7.19. The van der Waals surface area contributed by atoms with Gasteiger partial charge in [0.25, 0.3) is 0 Å². The fourth-order valence-corrected chi connectivity index (χ4v) is 3.71. The molecular formula is C22H28N4O3. The van der Waals surface area contributed by atoms with Gasteiger partial charge in [-0.25, -0.2) is 0 Å². The van der Waals surface area contributed by atoms with Crippen molar-refractivity contribution < 1.29 is 14.3 Å². The standard InChI is InChI=1S/C22H28N4O3/c1-3-29-21-9-5-4-8-18(21)19(25-16(2)27)13-22(28)26-12-11-24-15-20(26)17-7-6-10-23-14-17/h4-10,14,19-20,24H,3,11-13,15H2,1-2H3,(H,25,27). The van der Waals surface area contributed by atoms with Crippen molar-refractivity contribution in [3.05, 3.63) is 59.9 Å². The van der Waals surface area contributed by atoms with Crippen molar-refractivity contribution >= 4 is 11.8 Å². The molecule has 7 heteroatoms. The van der Waals surface area contributed by atoms with Gasteiger partial charge in [0, 0.05) is 44.5 Å². The Bertz CT molecular complexity index is 828. The summed E-state index contributed by atoms with van der Waals surface area (Å²) in [5.74, 6) is 0.495. The van der Waals surface area contributed by atoms with E-state index >= 15 is 0 Å². The van der Waals surface area contributed by atoms with E-state index in [1.807, 2.05) is 48.2 Å². The molecule has 3 rings (SSSR count). The van der Waals surface area contributed by atoms with Crippen molar-refractivity contribution in [2.24, 2.45) is 0 Å². The maximum atomic E-state index is 13.3. The predicted molar refractivity (Wildman–Crippen MR) is 110 cm³/mol. The van der Waals surface area contributed by atoms with E-state index in [-0.39, 0.29) is 24.3 Å². The van der Waals surface area contributed by atoms with Gasteiger partial charge in [0.1, 0.15) is 5.75 Å². The second-order valence-corrected chi connectivity index (χ2v) is 7.02. The van der Waals surface area contributed by atoms with Crippen LogP contribution >= 0.6 is 0 Å². The summed E-state index contributed by atoms with van der Waals surface area (Å²) in [4.78, 5) is 31.2. The summed E-state index contributed by atoms with van der Waals surface area (Å²) in [6.45, 7) is 5.91. The van der Waals surface area contributed by atoms with Crippen molar-refractivity contribution in [2.45, 2.75) is 32.4 Å². The maximum Gasteiger partial charge on any atom is 0.225 e. The monoisotopic (exact) mass is 396 g/mol. The third kappa shape index (κ3) is 5.32. The minimum absolute atomic E-state index is 0.00888. The van der Waals surface area contributed by atoms with Gasteiger partial charge >= 0.3 is 0 Å². The highest BCUT2D eigenvalue weighted by Gasteiger charge is 2.30. The topological polar surface area (TPSA) is 83.6 Å². The van der Waals surface area contributed by atoms with Crippen molar-refractivity contribution in [3.63, 3.8) is 0 Å². The highest BCUT2D eigenvalue weighted by Crippen LogP contribution is 2.30. The molecule has 1 aliphatic rings. The number of pyridine rings is 1. The molecule has 0 saturated carbocycles. The van der Waals surface area contributed by atoms with Crippen LogP contribution in [0.4, 0.5) is 0 Å². The zero-order valence-electron chi connectivity index (χ0n) is 16.9. The molecule has 2 unspecified atom stereocenters. The minimum atomic E-state index is -0.452. The largest absolute Gasteiger partial charge is 0.494 e. The lowest BCUT2D eigenvalue weighted by molar-refractivity contribution is -0.135. The first kappa shape index (κ1) is 20.8. The van der Waals surface area contributed by atoms with Gasteiger partial charge in [-0.2, -0.15) is 0 Å². The van der Waals surface area contributed by atoms with Gasteiger partial charge in [-0.1, -0.05) is 24.3 Å². The Hall–Kier alpha value is -2.93. The van der Waals surface area contributed by atoms with E-state index in [4.69, 9.17) is 4.74 Å². The number of rotatable bonds is 7. The number of para-hydroxylation sites is 1. The molecule has 2 amide bonds. The second-order valence-electron chi connectivity index (χ2n) is 7.02. The Labute approximate surface area is 171 Å². The van der Waals surface area contributed by atoms with Crippen LogP contribution in [0, 0.1) is 0 Å². The number of ether oxygens (including phenoxy) is 1. The lowest BCUT2D eigenvalue weighted by Gasteiger charge is -2.37. The molecule has 0 spiro atoms. The second kappa shape index (κ2) is 10.0. The smallest absolute Gasteiger partial charge is 0.225 e. The van der Waals surface area contributed by atoms with E-state index in [1.165, 1.54) is 6.92 Å². The van der Waals surface area contributed by atoms with Crippen LogP contribution in [0.2, 0.25) is 0 Å². The Balaban J connectivity index is 1.83. The van der Waals surface area contributed by atoms with Gasteiger partial charge in [-0.05, 0) is 24.6 Å². The van der Waals surface area contributed by atoms with Crippen LogP contribution in [0.1, 0.15) is 43.5 Å². The molecule has 2 atom stereocenters.